The van der Waals surface area contributed by atoms with Gasteiger partial charge in [-0.15, -0.1) is 0 Å². The number of urea groups is 1. The topological polar surface area (TPSA) is 139 Å². The van der Waals surface area contributed by atoms with Crippen LogP contribution >= 0.6 is 23.2 Å². The molecule has 1 heterocycles. The number of likely N-dealkylation sites (N-methyl/N-ethyl adjacent to an activating group) is 1. The second-order valence-electron chi connectivity index (χ2n) is 12.4. The lowest BCUT2D eigenvalue weighted by Gasteiger charge is -2.46. The zero-order chi connectivity index (χ0) is 35.3. The number of carbonyl (C=O) groups excluding carboxylic acids is 2. The van der Waals surface area contributed by atoms with Crippen LogP contribution < -0.4 is 15.2 Å². The Morgan fingerprint density at radius 1 is 1.02 bits per heavy atom. The number of phenolic OH excluding ortho intramolecular Hbond substituents is 1. The SMILES string of the molecule is C[N+]1(Cc2ccc(F)cc2)CCC[C@H](N(C(=O)Nc2ccc(OS(=O)(=O)c3ccc(Cl)cc3Cl)cc2)[C@@H](Cc2ccc(O)cc2)C(N)=O)C1. The van der Waals surface area contributed by atoms with Gasteiger partial charge in [-0.2, -0.15) is 8.42 Å². The highest BCUT2D eigenvalue weighted by atomic mass is 35.5. The number of hydrogen-bond donors (Lipinski definition) is 3. The molecule has 1 saturated heterocycles. The van der Waals surface area contributed by atoms with Crippen LogP contribution in [0.2, 0.25) is 10.0 Å². The van der Waals surface area contributed by atoms with Gasteiger partial charge < -0.3 is 29.7 Å². The lowest BCUT2D eigenvalue weighted by molar-refractivity contribution is -0.928. The summed E-state index contributed by atoms with van der Waals surface area (Å²) in [4.78, 5) is 28.4. The highest BCUT2D eigenvalue weighted by Gasteiger charge is 2.41. The van der Waals surface area contributed by atoms with Gasteiger partial charge in [-0.1, -0.05) is 47.5 Å². The van der Waals surface area contributed by atoms with Gasteiger partial charge in [0.15, 0.2) is 0 Å². The number of piperidine rings is 1. The van der Waals surface area contributed by atoms with Crippen molar-refractivity contribution in [3.05, 3.63) is 118 Å². The van der Waals surface area contributed by atoms with E-state index in [4.69, 9.17) is 33.1 Å². The number of phenols is 1. The number of likely N-dealkylation sites (tertiary alicyclic amines) is 1. The summed E-state index contributed by atoms with van der Waals surface area (Å²) in [5, 5.41) is 12.8. The van der Waals surface area contributed by atoms with Gasteiger partial charge >= 0.3 is 16.1 Å². The van der Waals surface area contributed by atoms with E-state index in [1.54, 1.807) is 24.3 Å². The Kier molecular flexibility index (Phi) is 11.0. The fraction of sp³-hybridized carbons (Fsp3) is 0.257. The zero-order valence-corrected chi connectivity index (χ0v) is 28.9. The number of hydrogen-bond acceptors (Lipinski definition) is 6. The number of nitrogens with one attached hydrogen (secondary N) is 1. The molecule has 0 saturated carbocycles. The Hall–Kier alpha value is -4.36. The van der Waals surface area contributed by atoms with E-state index in [1.807, 2.05) is 0 Å². The van der Waals surface area contributed by atoms with E-state index in [0.717, 1.165) is 18.5 Å². The predicted octanol–water partition coefficient (Wildman–Crippen LogP) is 6.35. The minimum absolute atomic E-state index is 0.0237. The number of rotatable bonds is 11. The van der Waals surface area contributed by atoms with Crippen molar-refractivity contribution >= 4 is 50.9 Å². The first-order chi connectivity index (χ1) is 23.2. The minimum atomic E-state index is -4.29. The fourth-order valence-electron chi connectivity index (χ4n) is 6.19. The summed E-state index contributed by atoms with van der Waals surface area (Å²) >= 11 is 12.0. The molecule has 49 heavy (non-hydrogen) atoms. The molecule has 3 atom stereocenters. The van der Waals surface area contributed by atoms with Crippen LogP contribution in [0.5, 0.6) is 11.5 Å². The molecule has 3 amide bonds. The first-order valence-corrected chi connectivity index (χ1v) is 17.6. The van der Waals surface area contributed by atoms with Crippen molar-refractivity contribution in [2.75, 3.05) is 25.5 Å². The number of amides is 3. The summed E-state index contributed by atoms with van der Waals surface area (Å²) in [7, 11) is -2.22. The van der Waals surface area contributed by atoms with Crippen LogP contribution in [0, 0.1) is 5.82 Å². The van der Waals surface area contributed by atoms with Gasteiger partial charge in [0.05, 0.1) is 31.2 Å². The largest absolute Gasteiger partial charge is 0.508 e. The Labute approximate surface area is 294 Å². The Balaban J connectivity index is 1.39. The fourth-order valence-corrected chi connectivity index (χ4v) is 7.86. The highest BCUT2D eigenvalue weighted by Crippen LogP contribution is 2.30. The van der Waals surface area contributed by atoms with Crippen LogP contribution in [-0.4, -0.2) is 67.1 Å². The molecule has 4 N–H and O–H groups in total. The maximum Gasteiger partial charge on any atom is 0.340 e. The highest BCUT2D eigenvalue weighted by molar-refractivity contribution is 7.87. The second-order valence-corrected chi connectivity index (χ2v) is 14.7. The minimum Gasteiger partial charge on any atom is -0.508 e. The van der Waals surface area contributed by atoms with E-state index in [9.17, 15) is 27.5 Å². The predicted molar refractivity (Wildman–Crippen MR) is 185 cm³/mol. The van der Waals surface area contributed by atoms with E-state index in [0.29, 0.717) is 35.2 Å². The number of nitrogens with zero attached hydrogens (tertiary/aromatic N) is 2. The van der Waals surface area contributed by atoms with Crippen molar-refractivity contribution in [1.29, 1.82) is 0 Å². The van der Waals surface area contributed by atoms with Gasteiger partial charge in [0.1, 0.15) is 34.8 Å². The van der Waals surface area contributed by atoms with E-state index in [2.05, 4.69) is 12.4 Å². The molecule has 1 fully saturated rings. The molecule has 0 aliphatic carbocycles. The lowest BCUT2D eigenvalue weighted by atomic mass is 9.96. The Morgan fingerprint density at radius 2 is 1.67 bits per heavy atom. The lowest BCUT2D eigenvalue weighted by Crippen LogP contribution is -2.62. The van der Waals surface area contributed by atoms with E-state index < -0.39 is 34.1 Å². The molecule has 14 heteroatoms. The molecule has 4 aromatic rings. The van der Waals surface area contributed by atoms with E-state index in [-0.39, 0.29) is 38.7 Å². The molecule has 258 valence electrons. The number of benzene rings is 4. The summed E-state index contributed by atoms with van der Waals surface area (Å²) in [6, 6.07) is 20.3. The van der Waals surface area contributed by atoms with Crippen molar-refractivity contribution in [2.45, 2.75) is 42.8 Å². The summed E-state index contributed by atoms with van der Waals surface area (Å²) in [5.41, 5.74) is 7.92. The van der Waals surface area contributed by atoms with Gasteiger partial charge in [0.25, 0.3) is 0 Å². The third-order valence-electron chi connectivity index (χ3n) is 8.50. The molecule has 0 radical (unpaired) electrons. The number of nitrogens with two attached hydrogens (primary N) is 1. The number of quaternary nitrogens is 1. The van der Waals surface area contributed by atoms with Crippen molar-refractivity contribution in [3.8, 4) is 11.5 Å². The maximum absolute atomic E-state index is 14.1. The van der Waals surface area contributed by atoms with Gasteiger partial charge in [-0.3, -0.25) is 4.79 Å². The van der Waals surface area contributed by atoms with Gasteiger partial charge in [-0.25, -0.2) is 9.18 Å². The quantitative estimate of drug-likeness (QED) is 0.122. The Morgan fingerprint density at radius 3 is 2.31 bits per heavy atom. The molecule has 4 aromatic carbocycles. The average Bonchev–Trinajstić information content (AvgIpc) is 3.03. The number of primary amides is 1. The summed E-state index contributed by atoms with van der Waals surface area (Å²) in [6.07, 6.45) is 1.48. The molecule has 0 aromatic heterocycles. The van der Waals surface area contributed by atoms with Crippen molar-refractivity contribution in [2.24, 2.45) is 5.73 Å². The second kappa shape index (κ2) is 15.0. The van der Waals surface area contributed by atoms with Crippen LogP contribution in [0.25, 0.3) is 0 Å². The summed E-state index contributed by atoms with van der Waals surface area (Å²) in [5.74, 6) is -0.983. The smallest absolute Gasteiger partial charge is 0.340 e. The van der Waals surface area contributed by atoms with Crippen LogP contribution in [0.3, 0.4) is 0 Å². The standard InChI is InChI=1S/C35H35Cl2FN4O6S/c1-42(21-24-4-9-26(38)10-5-24)18-2-3-28(22-42)41(32(34(39)44)19-23-6-13-29(43)14-7-23)35(45)40-27-11-15-30(16-12-27)48-49(46,47)33-17-8-25(36)20-31(33)37/h4-17,20,28,32H,2-3,18-19,21-22H2,1H3,(H3-,39,40,43,44,45)/p+1/t28-,32-,42?/m0/s1. The maximum atomic E-state index is 14.1. The molecular formula is C35H36Cl2FN4O6S+. The first kappa shape index (κ1) is 35.9. The molecule has 1 aliphatic rings. The normalized spacial score (nSPS) is 18.3. The zero-order valence-electron chi connectivity index (χ0n) is 26.6. The molecule has 10 nitrogen and oxygen atoms in total. The van der Waals surface area contributed by atoms with Crippen LogP contribution in [0.1, 0.15) is 24.0 Å². The van der Waals surface area contributed by atoms with Crippen molar-refractivity contribution in [1.82, 2.24) is 4.90 Å². The van der Waals surface area contributed by atoms with Gasteiger partial charge in [0.2, 0.25) is 5.91 Å². The molecule has 5 rings (SSSR count). The number of aromatic hydroxyl groups is 1. The Bertz CT molecular complexity index is 1910. The van der Waals surface area contributed by atoms with Gasteiger partial charge in [-0.05, 0) is 85.1 Å². The first-order valence-electron chi connectivity index (χ1n) is 15.5. The number of halogens is 3. The van der Waals surface area contributed by atoms with E-state index >= 15 is 0 Å². The van der Waals surface area contributed by atoms with Gasteiger partial charge in [0, 0.05) is 22.7 Å². The average molecular weight is 731 g/mol. The molecule has 1 aliphatic heterocycles. The van der Waals surface area contributed by atoms with Crippen molar-refractivity contribution in [3.63, 3.8) is 0 Å². The third kappa shape index (κ3) is 9.21. The number of carbonyl (C=O) groups is 2. The van der Waals surface area contributed by atoms with Crippen LogP contribution in [0.15, 0.2) is 95.9 Å². The summed E-state index contributed by atoms with van der Waals surface area (Å²) < 4.78 is 45.1. The monoisotopic (exact) mass is 729 g/mol. The third-order valence-corrected chi connectivity index (χ3v) is 10.5. The molecule has 1 unspecified atom stereocenters. The van der Waals surface area contributed by atoms with Crippen molar-refractivity contribution < 1.29 is 36.2 Å². The number of anilines is 1. The molecule has 0 bridgehead atoms. The van der Waals surface area contributed by atoms with E-state index in [1.165, 1.54) is 71.6 Å². The van der Waals surface area contributed by atoms with Crippen LogP contribution in [-0.2, 0) is 27.9 Å². The summed E-state index contributed by atoms with van der Waals surface area (Å²) in [6.45, 7) is 1.91. The molecule has 0 spiro atoms. The molecular weight excluding hydrogens is 694 g/mol. The van der Waals surface area contributed by atoms with Crippen LogP contribution in [0.4, 0.5) is 14.9 Å².